The van der Waals surface area contributed by atoms with Gasteiger partial charge in [0, 0.05) is 7.05 Å². The molecule has 3 N–H and O–H groups in total. The van der Waals surface area contributed by atoms with Crippen LogP contribution in [0.3, 0.4) is 0 Å². The monoisotopic (exact) mass is 401 g/mol. The average Bonchev–Trinajstić information content (AvgIpc) is 2.57. The highest BCUT2D eigenvalue weighted by atomic mass is 35.5. The summed E-state index contributed by atoms with van der Waals surface area (Å²) in [7, 11) is 2.64. The number of esters is 1. The van der Waals surface area contributed by atoms with Gasteiger partial charge in [0.05, 0.1) is 22.7 Å². The molecule has 1 aromatic heterocycles. The van der Waals surface area contributed by atoms with Gasteiger partial charge < -0.3 is 15.2 Å². The first-order valence-electron chi connectivity index (χ1n) is 6.99. The number of nitrogens with two attached hydrogens (primary N) is 1. The lowest BCUT2D eigenvalue weighted by molar-refractivity contribution is 0.0474. The lowest BCUT2D eigenvalue weighted by Crippen LogP contribution is -2.35. The van der Waals surface area contributed by atoms with Crippen LogP contribution >= 0.6 is 23.2 Å². The molecule has 0 bridgehead atoms. The number of benzene rings is 1. The zero-order valence-corrected chi connectivity index (χ0v) is 15.1. The number of hydrogen-bond acceptors (Lipinski definition) is 7. The summed E-state index contributed by atoms with van der Waals surface area (Å²) in [6.45, 7) is -0.772. The third kappa shape index (κ3) is 3.73. The predicted octanol–water partition coefficient (Wildman–Crippen LogP) is 1.01. The van der Waals surface area contributed by atoms with Crippen LogP contribution in [0, 0.1) is 0 Å². The molecule has 138 valence electrons. The molecule has 0 aliphatic heterocycles. The normalized spacial score (nSPS) is 10.5. The first-order chi connectivity index (χ1) is 12.2. The van der Waals surface area contributed by atoms with Crippen LogP contribution in [0.25, 0.3) is 0 Å². The Labute approximate surface area is 156 Å². The van der Waals surface area contributed by atoms with Crippen LogP contribution in [0.1, 0.15) is 20.7 Å². The maximum absolute atomic E-state index is 12.2. The van der Waals surface area contributed by atoms with Crippen LogP contribution in [-0.4, -0.2) is 35.0 Å². The van der Waals surface area contributed by atoms with Crippen molar-refractivity contribution in [2.24, 2.45) is 7.05 Å². The molecule has 11 heteroatoms. The third-order valence-electron chi connectivity index (χ3n) is 3.42. The van der Waals surface area contributed by atoms with Crippen molar-refractivity contribution in [2.45, 2.75) is 0 Å². The molecule has 0 aliphatic carbocycles. The number of methoxy groups -OCH3 is 1. The highest BCUT2D eigenvalue weighted by molar-refractivity contribution is 6.37. The van der Waals surface area contributed by atoms with Gasteiger partial charge in [-0.05, 0) is 12.1 Å². The largest absolute Gasteiger partial charge is 0.494 e. The van der Waals surface area contributed by atoms with Gasteiger partial charge in [-0.15, -0.1) is 0 Å². The van der Waals surface area contributed by atoms with E-state index in [1.165, 1.54) is 26.3 Å². The minimum Gasteiger partial charge on any atom is -0.494 e. The Morgan fingerprint density at radius 1 is 1.23 bits per heavy atom. The molecule has 1 heterocycles. The zero-order chi connectivity index (χ0) is 19.6. The van der Waals surface area contributed by atoms with E-state index in [-0.39, 0.29) is 27.2 Å². The van der Waals surface area contributed by atoms with E-state index in [0.29, 0.717) is 0 Å². The van der Waals surface area contributed by atoms with Crippen molar-refractivity contribution in [3.8, 4) is 5.75 Å². The van der Waals surface area contributed by atoms with Crippen molar-refractivity contribution >= 4 is 40.8 Å². The first-order valence-corrected chi connectivity index (χ1v) is 7.75. The van der Waals surface area contributed by atoms with Crippen molar-refractivity contribution in [3.05, 3.63) is 54.1 Å². The quantitative estimate of drug-likeness (QED) is 0.563. The topological polar surface area (TPSA) is 133 Å². The molecule has 0 radical (unpaired) electrons. The number of ether oxygens (including phenoxy) is 2. The van der Waals surface area contributed by atoms with Crippen LogP contribution in [0.5, 0.6) is 5.75 Å². The number of carbonyl (C=O) groups excluding carboxylic acids is 2. The third-order valence-corrected chi connectivity index (χ3v) is 3.98. The van der Waals surface area contributed by atoms with E-state index in [2.05, 4.69) is 0 Å². The lowest BCUT2D eigenvalue weighted by Gasteiger charge is -2.10. The Hall–Kier alpha value is -2.78. The fraction of sp³-hybridized carbons (Fsp3) is 0.200. The number of ketones is 1. The number of hydrogen-bond donors (Lipinski definition) is 2. The van der Waals surface area contributed by atoms with Crippen LogP contribution in [0.15, 0.2) is 21.7 Å². The van der Waals surface area contributed by atoms with Crippen molar-refractivity contribution in [3.63, 3.8) is 0 Å². The van der Waals surface area contributed by atoms with Gasteiger partial charge in [-0.2, -0.15) is 0 Å². The number of carbonyl (C=O) groups is 2. The molecule has 0 unspecified atom stereocenters. The lowest BCUT2D eigenvalue weighted by atomic mass is 10.2. The summed E-state index contributed by atoms with van der Waals surface area (Å²) in [5.41, 5.74) is 3.36. The van der Waals surface area contributed by atoms with Crippen molar-refractivity contribution < 1.29 is 19.1 Å². The van der Waals surface area contributed by atoms with E-state index < -0.39 is 35.2 Å². The number of Topliss-reactive ketones (excluding diaryl/α,β-unsaturated/α-hetero) is 1. The molecule has 1 aromatic carbocycles. The Balaban J connectivity index is 2.21. The number of aromatic amines is 1. The zero-order valence-electron chi connectivity index (χ0n) is 13.6. The average molecular weight is 402 g/mol. The number of halogens is 2. The second-order valence-electron chi connectivity index (χ2n) is 5.05. The van der Waals surface area contributed by atoms with E-state index in [4.69, 9.17) is 38.4 Å². The van der Waals surface area contributed by atoms with Crippen molar-refractivity contribution in [2.75, 3.05) is 19.5 Å². The molecule has 0 aliphatic rings. The first kappa shape index (κ1) is 19.5. The van der Waals surface area contributed by atoms with Gasteiger partial charge in [0.25, 0.3) is 5.56 Å². The summed E-state index contributed by atoms with van der Waals surface area (Å²) in [6.07, 6.45) is 0. The van der Waals surface area contributed by atoms with Gasteiger partial charge >= 0.3 is 11.7 Å². The predicted molar refractivity (Wildman–Crippen MR) is 94.3 cm³/mol. The minimum atomic E-state index is -0.970. The molecular weight excluding hydrogens is 389 g/mol. The molecule has 2 aromatic rings. The van der Waals surface area contributed by atoms with E-state index in [1.807, 2.05) is 4.98 Å². The summed E-state index contributed by atoms with van der Waals surface area (Å²) in [5, 5.41) is 0.161. The van der Waals surface area contributed by atoms with E-state index in [1.54, 1.807) is 0 Å². The second-order valence-corrected chi connectivity index (χ2v) is 5.87. The Bertz CT molecular complexity index is 988. The fourth-order valence-electron chi connectivity index (χ4n) is 2.07. The Kier molecular flexibility index (Phi) is 5.73. The number of rotatable bonds is 5. The summed E-state index contributed by atoms with van der Waals surface area (Å²) >= 11 is 11.9. The van der Waals surface area contributed by atoms with Gasteiger partial charge in [-0.1, -0.05) is 23.2 Å². The van der Waals surface area contributed by atoms with Crippen LogP contribution in [-0.2, 0) is 11.8 Å². The summed E-state index contributed by atoms with van der Waals surface area (Å²) in [4.78, 5) is 49.3. The molecule has 0 spiro atoms. The maximum atomic E-state index is 12.2. The Morgan fingerprint density at radius 2 is 1.81 bits per heavy atom. The number of aromatic nitrogens is 2. The Morgan fingerprint density at radius 3 is 2.35 bits per heavy atom. The number of nitrogen functional groups attached to an aromatic ring is 1. The van der Waals surface area contributed by atoms with Crippen molar-refractivity contribution in [1.29, 1.82) is 0 Å². The van der Waals surface area contributed by atoms with Gasteiger partial charge in [-0.3, -0.25) is 19.1 Å². The van der Waals surface area contributed by atoms with Gasteiger partial charge in [0.1, 0.15) is 11.4 Å². The van der Waals surface area contributed by atoms with E-state index >= 15 is 0 Å². The second kappa shape index (κ2) is 7.63. The fourth-order valence-corrected chi connectivity index (χ4v) is 2.71. The van der Waals surface area contributed by atoms with Gasteiger partial charge in [0.2, 0.25) is 5.78 Å². The molecular formula is C15H13Cl2N3O6. The van der Waals surface area contributed by atoms with Crippen LogP contribution in [0.2, 0.25) is 10.0 Å². The molecule has 0 saturated heterocycles. The standard InChI is InChI=1S/C15H13Cl2N3O6/c1-20-12(18)10(13(22)19-15(20)24)9(21)5-26-14(23)6-3-7(16)11(25-2)8(17)4-6/h3-4H,5,18H2,1-2H3,(H,19,22,24). The molecule has 2 rings (SSSR count). The highest BCUT2D eigenvalue weighted by Gasteiger charge is 2.21. The number of anilines is 1. The highest BCUT2D eigenvalue weighted by Crippen LogP contribution is 2.33. The molecule has 0 fully saturated rings. The van der Waals surface area contributed by atoms with E-state index in [0.717, 1.165) is 4.57 Å². The molecule has 0 amide bonds. The molecule has 0 saturated carbocycles. The summed E-state index contributed by atoms with van der Waals surface area (Å²) in [6, 6.07) is 2.51. The molecule has 0 atom stereocenters. The van der Waals surface area contributed by atoms with Gasteiger partial charge in [0.15, 0.2) is 12.4 Å². The number of nitrogens with one attached hydrogen (secondary N) is 1. The SMILES string of the molecule is COc1c(Cl)cc(C(=O)OCC(=O)c2c(N)n(C)c(=O)[nH]c2=O)cc1Cl. The van der Waals surface area contributed by atoms with Gasteiger partial charge in [-0.25, -0.2) is 9.59 Å². The molecule has 9 nitrogen and oxygen atoms in total. The van der Waals surface area contributed by atoms with Crippen molar-refractivity contribution in [1.82, 2.24) is 9.55 Å². The maximum Gasteiger partial charge on any atom is 0.338 e. The smallest absolute Gasteiger partial charge is 0.338 e. The summed E-state index contributed by atoms with van der Waals surface area (Å²) < 4.78 is 10.7. The summed E-state index contributed by atoms with van der Waals surface area (Å²) in [5.74, 6) is -1.93. The van der Waals surface area contributed by atoms with Crippen LogP contribution < -0.4 is 21.7 Å². The number of H-pyrrole nitrogens is 1. The van der Waals surface area contributed by atoms with E-state index in [9.17, 15) is 19.2 Å². The molecule has 26 heavy (non-hydrogen) atoms. The van der Waals surface area contributed by atoms with Crippen LogP contribution in [0.4, 0.5) is 5.82 Å². The number of nitrogens with zero attached hydrogens (tertiary/aromatic N) is 1. The minimum absolute atomic E-state index is 0.0176.